The number of nitrogens with zero attached hydrogens (tertiary/aromatic N) is 2. The molecule has 2 rings (SSSR count). The Kier molecular flexibility index (Phi) is 8.62. The van der Waals surface area contributed by atoms with Gasteiger partial charge in [0.25, 0.3) is 11.4 Å². The Bertz CT molecular complexity index is 1140. The third kappa shape index (κ3) is 6.55. The fraction of sp³-hybridized carbons (Fsp3) is 0.158. The maximum Gasteiger partial charge on any atom is 0.272 e. The van der Waals surface area contributed by atoms with Crippen molar-refractivity contribution in [3.8, 4) is 11.5 Å². The van der Waals surface area contributed by atoms with E-state index in [2.05, 4.69) is 0 Å². The summed E-state index contributed by atoms with van der Waals surface area (Å²) in [4.78, 5) is 20.5. The highest BCUT2D eigenvalue weighted by atomic mass is 35.5. The minimum absolute atomic E-state index is 0.0890. The highest BCUT2D eigenvalue weighted by Crippen LogP contribution is 2.39. The summed E-state index contributed by atoms with van der Waals surface area (Å²) in [6, 6.07) is 4.25. The van der Waals surface area contributed by atoms with Crippen molar-refractivity contribution in [1.29, 1.82) is 0 Å². The predicted octanol–water partition coefficient (Wildman–Crippen LogP) is 6.20. The minimum atomic E-state index is -0.660. The Morgan fingerprint density at radius 3 is 1.55 bits per heavy atom. The molecule has 0 amide bonds. The second kappa shape index (κ2) is 10.8. The van der Waals surface area contributed by atoms with Crippen molar-refractivity contribution in [1.82, 2.24) is 0 Å². The van der Waals surface area contributed by atoms with Gasteiger partial charge in [-0.2, -0.15) is 0 Å². The van der Waals surface area contributed by atoms with E-state index in [1.54, 1.807) is 13.8 Å². The van der Waals surface area contributed by atoms with Crippen LogP contribution in [0.4, 0.5) is 11.4 Å². The van der Waals surface area contributed by atoms with Gasteiger partial charge in [0, 0.05) is 35.9 Å². The fourth-order valence-corrected chi connectivity index (χ4v) is 3.60. The lowest BCUT2D eigenvalue weighted by atomic mass is 10.0. The molecule has 0 radical (unpaired) electrons. The van der Waals surface area contributed by atoms with Crippen LogP contribution in [0, 0.1) is 26.1 Å². The number of non-ortho nitro benzene ring substituents is 2. The van der Waals surface area contributed by atoms with Crippen LogP contribution < -0.4 is 20.9 Å². The van der Waals surface area contributed by atoms with Crippen molar-refractivity contribution in [2.75, 3.05) is 0 Å². The number of halogens is 4. The first kappa shape index (κ1) is 26.3. The van der Waals surface area contributed by atoms with E-state index in [0.29, 0.717) is 5.57 Å². The summed E-state index contributed by atoms with van der Waals surface area (Å²) in [5, 5.41) is 21.3. The Labute approximate surface area is 207 Å². The van der Waals surface area contributed by atoms with Crippen molar-refractivity contribution in [2.45, 2.75) is 13.8 Å². The van der Waals surface area contributed by atoms with E-state index >= 15 is 0 Å². The SMILES string of the molecule is CC(C)C(/C=C(\N)Oc1c(Cl)cc([N+](=O)[O-])cc1Cl)=C(/N)Oc1c(Cl)cc([N+](=O)[O-])cc1Cl. The Morgan fingerprint density at radius 1 is 0.848 bits per heavy atom. The van der Waals surface area contributed by atoms with Gasteiger partial charge in [-0.15, -0.1) is 0 Å². The standard InChI is InChI=1S/C19H16Cl4N4O6/c1-8(2)11(19(25)33-18-14(22)5-10(27(30)31)6-15(18)23)7-16(24)32-17-12(20)3-9(26(28)29)4-13(17)21/h3-8H,24-25H2,1-2H3/b16-7+,19-11-. The van der Waals surface area contributed by atoms with Crippen LogP contribution in [0.15, 0.2) is 47.7 Å². The molecule has 0 aliphatic carbocycles. The molecule has 0 aromatic heterocycles. The molecule has 2 aromatic rings. The van der Waals surface area contributed by atoms with Crippen LogP contribution >= 0.6 is 46.4 Å². The van der Waals surface area contributed by atoms with Gasteiger partial charge in [0.15, 0.2) is 23.3 Å². The zero-order chi connectivity index (χ0) is 25.0. The second-order valence-corrected chi connectivity index (χ2v) is 8.35. The number of hydrogen-bond donors (Lipinski definition) is 2. The number of rotatable bonds is 8. The molecule has 176 valence electrons. The van der Waals surface area contributed by atoms with E-state index in [0.717, 1.165) is 24.3 Å². The summed E-state index contributed by atoms with van der Waals surface area (Å²) in [6.07, 6.45) is 1.33. The molecule has 10 nitrogen and oxygen atoms in total. The summed E-state index contributed by atoms with van der Waals surface area (Å²) in [5.41, 5.74) is 11.7. The van der Waals surface area contributed by atoms with Crippen molar-refractivity contribution in [3.05, 3.63) is 88.0 Å². The van der Waals surface area contributed by atoms with E-state index < -0.39 is 9.85 Å². The third-order valence-corrected chi connectivity index (χ3v) is 5.15. The molecule has 0 atom stereocenters. The van der Waals surface area contributed by atoms with Crippen LogP contribution in [0.2, 0.25) is 20.1 Å². The molecule has 0 heterocycles. The minimum Gasteiger partial charge on any atom is -0.438 e. The van der Waals surface area contributed by atoms with E-state index in [1.165, 1.54) is 6.08 Å². The average molecular weight is 538 g/mol. The molecule has 0 bridgehead atoms. The zero-order valence-corrected chi connectivity index (χ0v) is 20.0. The molecule has 0 saturated heterocycles. The molecule has 14 heteroatoms. The first-order valence-electron chi connectivity index (χ1n) is 8.91. The van der Waals surface area contributed by atoms with Gasteiger partial charge in [0.1, 0.15) is 0 Å². The smallest absolute Gasteiger partial charge is 0.272 e. The highest BCUT2D eigenvalue weighted by molar-refractivity contribution is 6.38. The second-order valence-electron chi connectivity index (χ2n) is 6.72. The molecule has 0 fully saturated rings. The Morgan fingerprint density at radius 2 is 1.21 bits per heavy atom. The average Bonchev–Trinajstić information content (AvgIpc) is 2.70. The lowest BCUT2D eigenvalue weighted by Gasteiger charge is -2.16. The lowest BCUT2D eigenvalue weighted by molar-refractivity contribution is -0.385. The van der Waals surface area contributed by atoms with Crippen LogP contribution in [-0.2, 0) is 0 Å². The predicted molar refractivity (Wildman–Crippen MR) is 126 cm³/mol. The van der Waals surface area contributed by atoms with Crippen molar-refractivity contribution >= 4 is 57.8 Å². The maximum absolute atomic E-state index is 10.9. The van der Waals surface area contributed by atoms with Crippen LogP contribution in [0.5, 0.6) is 11.5 Å². The molecule has 0 saturated carbocycles. The van der Waals surface area contributed by atoms with Gasteiger partial charge >= 0.3 is 0 Å². The van der Waals surface area contributed by atoms with Gasteiger partial charge in [-0.1, -0.05) is 60.3 Å². The molecule has 0 spiro atoms. The van der Waals surface area contributed by atoms with Crippen molar-refractivity contribution < 1.29 is 19.3 Å². The van der Waals surface area contributed by atoms with Gasteiger partial charge in [-0.05, 0) is 5.92 Å². The van der Waals surface area contributed by atoms with Gasteiger partial charge < -0.3 is 20.9 Å². The Balaban J connectivity index is 2.40. The summed E-state index contributed by atoms with van der Waals surface area (Å²) in [6.45, 7) is 3.56. The van der Waals surface area contributed by atoms with Gasteiger partial charge in [0.05, 0.1) is 29.9 Å². The molecule has 0 aliphatic heterocycles. The third-order valence-electron chi connectivity index (χ3n) is 4.02. The Hall–Kier alpha value is -2.92. The topological polar surface area (TPSA) is 157 Å². The van der Waals surface area contributed by atoms with Crippen LogP contribution in [-0.4, -0.2) is 9.85 Å². The van der Waals surface area contributed by atoms with Gasteiger partial charge in [-0.3, -0.25) is 20.2 Å². The molecule has 0 unspecified atom stereocenters. The van der Waals surface area contributed by atoms with Crippen LogP contribution in [0.25, 0.3) is 0 Å². The molecule has 2 aromatic carbocycles. The quantitative estimate of drug-likeness (QED) is 0.174. The maximum atomic E-state index is 10.9. The number of allylic oxidation sites excluding steroid dienone is 2. The van der Waals surface area contributed by atoms with Gasteiger partial charge in [0.2, 0.25) is 0 Å². The highest BCUT2D eigenvalue weighted by Gasteiger charge is 2.20. The van der Waals surface area contributed by atoms with Crippen molar-refractivity contribution in [3.63, 3.8) is 0 Å². The van der Waals surface area contributed by atoms with E-state index in [4.69, 9.17) is 67.3 Å². The van der Waals surface area contributed by atoms with Crippen molar-refractivity contribution in [2.24, 2.45) is 17.4 Å². The number of benzene rings is 2. The summed E-state index contributed by atoms with van der Waals surface area (Å²) in [7, 11) is 0. The van der Waals surface area contributed by atoms with Gasteiger partial charge in [-0.25, -0.2) is 0 Å². The monoisotopic (exact) mass is 536 g/mol. The first-order chi connectivity index (χ1) is 15.3. The van der Waals surface area contributed by atoms with Crippen LogP contribution in [0.3, 0.4) is 0 Å². The molecule has 0 aliphatic rings. The molecule has 4 N–H and O–H groups in total. The first-order valence-corrected chi connectivity index (χ1v) is 10.4. The number of ether oxygens (including phenoxy) is 2. The number of hydrogen-bond acceptors (Lipinski definition) is 8. The normalized spacial score (nSPS) is 12.4. The molecular formula is C19H16Cl4N4O6. The summed E-state index contributed by atoms with van der Waals surface area (Å²) < 4.78 is 11.0. The number of nitrogens with two attached hydrogens (primary N) is 2. The lowest BCUT2D eigenvalue weighted by Crippen LogP contribution is -2.15. The molecular weight excluding hydrogens is 522 g/mol. The molecule has 33 heavy (non-hydrogen) atoms. The van der Waals surface area contributed by atoms with E-state index in [-0.39, 0.29) is 60.6 Å². The van der Waals surface area contributed by atoms with E-state index in [9.17, 15) is 20.2 Å². The number of nitro benzene ring substituents is 2. The zero-order valence-electron chi connectivity index (χ0n) is 17.0. The fourth-order valence-electron chi connectivity index (χ4n) is 2.49. The van der Waals surface area contributed by atoms with E-state index in [1.807, 2.05) is 0 Å². The van der Waals surface area contributed by atoms with Crippen LogP contribution in [0.1, 0.15) is 13.8 Å². The number of nitro groups is 2. The largest absolute Gasteiger partial charge is 0.438 e. The summed E-state index contributed by atoms with van der Waals surface area (Å²) in [5.74, 6) is -0.792. The summed E-state index contributed by atoms with van der Waals surface area (Å²) >= 11 is 24.2.